The topological polar surface area (TPSA) is 191 Å². The van der Waals surface area contributed by atoms with E-state index in [2.05, 4.69) is 24.3 Å². The van der Waals surface area contributed by atoms with E-state index in [0.29, 0.717) is 33.7 Å². The quantitative estimate of drug-likeness (QED) is 0.0508. The van der Waals surface area contributed by atoms with Crippen LogP contribution in [0.25, 0.3) is 67.1 Å². The molecule has 0 heterocycles. The van der Waals surface area contributed by atoms with Gasteiger partial charge in [-0.25, -0.2) is 0 Å². The van der Waals surface area contributed by atoms with Crippen LogP contribution in [0.2, 0.25) is 0 Å². The summed E-state index contributed by atoms with van der Waals surface area (Å²) in [6.45, 7) is 1.97. The van der Waals surface area contributed by atoms with Crippen molar-refractivity contribution < 1.29 is 50.7 Å². The minimum absolute atomic E-state index is 0.194. The maximum Gasteiger partial charge on any atom is 0.208 e. The van der Waals surface area contributed by atoms with Crippen molar-refractivity contribution in [3.63, 3.8) is 0 Å². The summed E-state index contributed by atoms with van der Waals surface area (Å²) < 4.78 is 6.59. The Bertz CT molecular complexity index is 2720. The largest absolute Gasteiger partial charge is 0.504 e. The fraction of sp³-hybridized carbons (Fsp3) is 0.0698. The van der Waals surface area contributed by atoms with Crippen LogP contribution < -0.4 is 15.2 Å². The first-order valence-corrected chi connectivity index (χ1v) is 16.7. The second kappa shape index (κ2) is 12.2. The highest BCUT2D eigenvalue weighted by atomic mass is 16.5. The van der Waals surface area contributed by atoms with E-state index >= 15 is 0 Å². The van der Waals surface area contributed by atoms with Crippen molar-refractivity contribution in [1.29, 1.82) is 0 Å². The number of phenolic OH excluding ortho intramolecular Hbond substituents is 9. The predicted octanol–water partition coefficient (Wildman–Crippen LogP) is 7.07. The number of rotatable bonds is 5. The SMILES string of the molecule is Cc1c(OC2C=c3ccccc3=CC2)cccc1-c1c2ccccc2c(-c2c(O)c(O)c(O)c(O)c2-c2c(O)c(O)c(O)c(O)c2O)c2ccccc12. The van der Waals surface area contributed by atoms with Gasteiger partial charge in [0.25, 0.3) is 0 Å². The van der Waals surface area contributed by atoms with Crippen LogP contribution in [0.4, 0.5) is 0 Å². The first kappa shape index (κ1) is 33.0. The van der Waals surface area contributed by atoms with Crippen molar-refractivity contribution in [1.82, 2.24) is 0 Å². The fourth-order valence-electron chi connectivity index (χ4n) is 7.41. The van der Waals surface area contributed by atoms with Crippen LogP contribution in [-0.4, -0.2) is 52.1 Å². The molecule has 264 valence electrons. The van der Waals surface area contributed by atoms with Gasteiger partial charge in [-0.15, -0.1) is 0 Å². The van der Waals surface area contributed by atoms with Gasteiger partial charge in [0, 0.05) is 23.1 Å². The average Bonchev–Trinajstić information content (AvgIpc) is 3.18. The molecular weight excluding hydrogens is 676 g/mol. The van der Waals surface area contributed by atoms with Gasteiger partial charge in [-0.2, -0.15) is 0 Å². The lowest BCUT2D eigenvalue weighted by Gasteiger charge is -2.24. The van der Waals surface area contributed by atoms with Gasteiger partial charge in [0.05, 0.1) is 5.56 Å². The molecular formula is C43H32O10. The highest BCUT2D eigenvalue weighted by Gasteiger charge is 2.34. The molecule has 1 atom stereocenters. The molecule has 10 nitrogen and oxygen atoms in total. The van der Waals surface area contributed by atoms with E-state index in [0.717, 1.165) is 27.1 Å². The molecule has 8 rings (SSSR count). The van der Waals surface area contributed by atoms with E-state index in [1.54, 1.807) is 24.3 Å². The summed E-state index contributed by atoms with van der Waals surface area (Å²) in [5, 5.41) is 102. The minimum atomic E-state index is -1.25. The number of benzene rings is 7. The van der Waals surface area contributed by atoms with E-state index in [1.807, 2.05) is 61.5 Å². The Morgan fingerprint density at radius 3 is 1.42 bits per heavy atom. The van der Waals surface area contributed by atoms with E-state index in [9.17, 15) is 46.0 Å². The summed E-state index contributed by atoms with van der Waals surface area (Å²) in [6, 6.07) is 28.3. The second-order valence-electron chi connectivity index (χ2n) is 12.9. The van der Waals surface area contributed by atoms with Crippen LogP contribution in [0.1, 0.15) is 12.0 Å². The monoisotopic (exact) mass is 708 g/mol. The van der Waals surface area contributed by atoms with Gasteiger partial charge < -0.3 is 50.7 Å². The van der Waals surface area contributed by atoms with Crippen molar-refractivity contribution in [2.24, 2.45) is 0 Å². The van der Waals surface area contributed by atoms with Crippen molar-refractivity contribution in [2.75, 3.05) is 0 Å². The molecule has 9 N–H and O–H groups in total. The zero-order valence-corrected chi connectivity index (χ0v) is 28.0. The molecule has 0 saturated heterocycles. The summed E-state index contributed by atoms with van der Waals surface area (Å²) in [5.41, 5.74) is 0.821. The number of fused-ring (bicyclic) bond motifs is 3. The summed E-state index contributed by atoms with van der Waals surface area (Å²) in [6.07, 6.45) is 4.76. The number of aromatic hydroxyl groups is 9. The fourth-order valence-corrected chi connectivity index (χ4v) is 7.41. The predicted molar refractivity (Wildman–Crippen MR) is 201 cm³/mol. The lowest BCUT2D eigenvalue weighted by atomic mass is 9.82. The number of hydrogen-bond donors (Lipinski definition) is 9. The first-order valence-electron chi connectivity index (χ1n) is 16.7. The second-order valence-corrected chi connectivity index (χ2v) is 12.9. The average molecular weight is 709 g/mol. The number of hydrogen-bond acceptors (Lipinski definition) is 10. The van der Waals surface area contributed by atoms with Crippen LogP contribution >= 0.6 is 0 Å². The van der Waals surface area contributed by atoms with Crippen LogP contribution in [-0.2, 0) is 0 Å². The molecule has 0 saturated carbocycles. The Morgan fingerprint density at radius 1 is 0.434 bits per heavy atom. The molecule has 10 heteroatoms. The molecule has 0 aromatic heterocycles. The number of ether oxygens (including phenoxy) is 1. The lowest BCUT2D eigenvalue weighted by molar-refractivity contribution is 0.268. The van der Waals surface area contributed by atoms with Crippen LogP contribution in [0, 0.1) is 6.92 Å². The normalized spacial score (nSPS) is 13.7. The van der Waals surface area contributed by atoms with E-state index in [-0.39, 0.29) is 17.2 Å². The van der Waals surface area contributed by atoms with Gasteiger partial charge in [0.15, 0.2) is 23.0 Å². The van der Waals surface area contributed by atoms with Crippen molar-refractivity contribution in [2.45, 2.75) is 19.4 Å². The maximum absolute atomic E-state index is 11.6. The van der Waals surface area contributed by atoms with Crippen LogP contribution in [0.5, 0.6) is 57.5 Å². The van der Waals surface area contributed by atoms with Gasteiger partial charge in [-0.1, -0.05) is 91.0 Å². The van der Waals surface area contributed by atoms with E-state index in [1.165, 1.54) is 0 Å². The summed E-state index contributed by atoms with van der Waals surface area (Å²) in [5.74, 6) is -9.80. The zero-order valence-electron chi connectivity index (χ0n) is 28.0. The molecule has 0 fully saturated rings. The third kappa shape index (κ3) is 4.95. The summed E-state index contributed by atoms with van der Waals surface area (Å²) in [7, 11) is 0. The van der Waals surface area contributed by atoms with Crippen molar-refractivity contribution >= 4 is 33.7 Å². The van der Waals surface area contributed by atoms with E-state index in [4.69, 9.17) is 4.74 Å². The molecule has 7 aromatic carbocycles. The van der Waals surface area contributed by atoms with Gasteiger partial charge in [0.1, 0.15) is 11.9 Å². The van der Waals surface area contributed by atoms with Crippen molar-refractivity contribution in [3.05, 3.63) is 107 Å². The van der Waals surface area contributed by atoms with Crippen LogP contribution in [0.3, 0.4) is 0 Å². The standard InChI is InChI=1S/C43H32O10/c1-20-24(15-8-16-29(20)53-23-18-17-21-9-2-3-10-22(21)19-23)30-25-11-4-6-13-27(25)31(28-14-7-5-12-26(28)30)32-33(36(45)40(49)39(48)35(32)44)34-37(46)41(50)43(52)42(51)38(34)47/h2-17,19,23,44-52H,18H2,1H3. The third-order valence-corrected chi connectivity index (χ3v) is 9.96. The Morgan fingerprint density at radius 2 is 0.868 bits per heavy atom. The Hall–Kier alpha value is -7.20. The Kier molecular flexibility index (Phi) is 7.61. The highest BCUT2D eigenvalue weighted by molar-refractivity contribution is 6.24. The van der Waals surface area contributed by atoms with Gasteiger partial charge in [-0.3, -0.25) is 0 Å². The Balaban J connectivity index is 1.43. The van der Waals surface area contributed by atoms with E-state index < -0.39 is 62.9 Å². The molecule has 1 unspecified atom stereocenters. The van der Waals surface area contributed by atoms with Crippen LogP contribution in [0.15, 0.2) is 91.0 Å². The minimum Gasteiger partial charge on any atom is -0.504 e. The molecule has 1 aliphatic rings. The molecule has 0 radical (unpaired) electrons. The molecule has 7 aromatic rings. The molecule has 0 spiro atoms. The van der Waals surface area contributed by atoms with Gasteiger partial charge in [-0.05, 0) is 67.7 Å². The maximum atomic E-state index is 11.6. The van der Waals surface area contributed by atoms with Gasteiger partial charge in [0.2, 0.25) is 28.7 Å². The number of phenols is 9. The first-order chi connectivity index (χ1) is 25.5. The third-order valence-electron chi connectivity index (χ3n) is 9.96. The van der Waals surface area contributed by atoms with Gasteiger partial charge >= 0.3 is 0 Å². The molecule has 0 bridgehead atoms. The molecule has 53 heavy (non-hydrogen) atoms. The summed E-state index contributed by atoms with van der Waals surface area (Å²) >= 11 is 0. The zero-order chi connectivity index (χ0) is 37.3. The highest BCUT2D eigenvalue weighted by Crippen LogP contribution is 2.63. The molecule has 0 amide bonds. The Labute approximate surface area is 301 Å². The smallest absolute Gasteiger partial charge is 0.208 e. The van der Waals surface area contributed by atoms with Crippen molar-refractivity contribution in [3.8, 4) is 90.9 Å². The lowest BCUT2D eigenvalue weighted by Crippen LogP contribution is -2.32. The molecule has 1 aliphatic carbocycles. The molecule has 0 aliphatic heterocycles. The summed E-state index contributed by atoms with van der Waals surface area (Å²) in [4.78, 5) is 0.